The zero-order valence-electron chi connectivity index (χ0n) is 10.3. The zero-order chi connectivity index (χ0) is 11.9. The van der Waals surface area contributed by atoms with E-state index in [1.165, 1.54) is 6.08 Å². The highest BCUT2D eigenvalue weighted by atomic mass is 16.1. The van der Waals surface area contributed by atoms with Crippen molar-refractivity contribution < 1.29 is 4.79 Å². The Kier molecular flexibility index (Phi) is 6.45. The summed E-state index contributed by atoms with van der Waals surface area (Å²) in [4.78, 5) is 14.1. The molecule has 0 radical (unpaired) electrons. The van der Waals surface area contributed by atoms with E-state index in [9.17, 15) is 4.79 Å². The highest BCUT2D eigenvalue weighted by Gasteiger charge is 2.35. The lowest BCUT2D eigenvalue weighted by molar-refractivity contribution is -0.125. The van der Waals surface area contributed by atoms with Crippen LogP contribution in [0.15, 0.2) is 12.7 Å². The molecule has 0 aliphatic heterocycles. The molecular formula is C12H24N2O. The Hall–Kier alpha value is -0.670. The second kappa shape index (κ2) is 6.75. The van der Waals surface area contributed by atoms with Gasteiger partial charge in [0.1, 0.15) is 0 Å². The molecule has 0 aliphatic rings. The predicted molar refractivity (Wildman–Crippen MR) is 64.8 cm³/mol. The second-order valence-electron chi connectivity index (χ2n) is 3.91. The Morgan fingerprint density at radius 2 is 2.00 bits per heavy atom. The first-order valence-corrected chi connectivity index (χ1v) is 5.68. The number of carbonyl (C=O) groups excluding carboxylic acids is 1. The van der Waals surface area contributed by atoms with Crippen LogP contribution in [0, 0.1) is 0 Å². The molecule has 0 saturated heterocycles. The molecule has 2 N–H and O–H groups in total. The lowest BCUT2D eigenvalue weighted by atomic mass is 9.88. The van der Waals surface area contributed by atoms with Crippen LogP contribution in [-0.4, -0.2) is 35.9 Å². The number of hydrogen-bond acceptors (Lipinski definition) is 3. The van der Waals surface area contributed by atoms with Crippen LogP contribution >= 0.6 is 0 Å². The van der Waals surface area contributed by atoms with Crippen LogP contribution in [0.1, 0.15) is 33.6 Å². The molecule has 0 aromatic rings. The molecule has 0 rings (SSSR count). The predicted octanol–water partition coefficient (Wildman–Crippen LogP) is 1.58. The molecule has 3 heteroatoms. The van der Waals surface area contributed by atoms with Gasteiger partial charge in [0.25, 0.3) is 0 Å². The summed E-state index contributed by atoms with van der Waals surface area (Å²) in [6, 6.07) is 0. The minimum absolute atomic E-state index is 0.0969. The van der Waals surface area contributed by atoms with Gasteiger partial charge in [-0.25, -0.2) is 0 Å². The van der Waals surface area contributed by atoms with E-state index in [4.69, 9.17) is 5.73 Å². The molecular weight excluding hydrogens is 188 g/mol. The zero-order valence-corrected chi connectivity index (χ0v) is 10.3. The Morgan fingerprint density at radius 1 is 1.47 bits per heavy atom. The summed E-state index contributed by atoms with van der Waals surface area (Å²) in [6.07, 6.45) is 3.09. The third-order valence-electron chi connectivity index (χ3n) is 3.05. The molecule has 0 heterocycles. The van der Waals surface area contributed by atoms with Crippen molar-refractivity contribution >= 4 is 5.78 Å². The molecule has 1 atom stereocenters. The number of nitrogens with two attached hydrogens (primary N) is 1. The van der Waals surface area contributed by atoms with Crippen LogP contribution in [0.2, 0.25) is 0 Å². The number of rotatable bonds is 8. The number of likely N-dealkylation sites (N-methyl/N-ethyl adjacent to an activating group) is 1. The molecule has 0 bridgehead atoms. The highest BCUT2D eigenvalue weighted by Crippen LogP contribution is 2.22. The minimum atomic E-state index is -0.426. The van der Waals surface area contributed by atoms with Crippen molar-refractivity contribution in [1.82, 2.24) is 4.90 Å². The largest absolute Gasteiger partial charge is 0.330 e. The topological polar surface area (TPSA) is 46.3 Å². The van der Waals surface area contributed by atoms with Crippen LogP contribution in [0.3, 0.4) is 0 Å². The fourth-order valence-electron chi connectivity index (χ4n) is 2.02. The summed E-state index contributed by atoms with van der Waals surface area (Å²) >= 11 is 0. The Balaban J connectivity index is 4.81. The summed E-state index contributed by atoms with van der Waals surface area (Å²) in [7, 11) is 0. The van der Waals surface area contributed by atoms with Gasteiger partial charge in [-0.2, -0.15) is 0 Å². The molecule has 0 aromatic heterocycles. The molecule has 0 spiro atoms. The average molecular weight is 212 g/mol. The lowest BCUT2D eigenvalue weighted by Crippen LogP contribution is -2.51. The summed E-state index contributed by atoms with van der Waals surface area (Å²) in [5, 5.41) is 0. The van der Waals surface area contributed by atoms with Crippen LogP contribution in [0.25, 0.3) is 0 Å². The van der Waals surface area contributed by atoms with Crippen molar-refractivity contribution in [3.8, 4) is 0 Å². The molecule has 0 aliphatic carbocycles. The Labute approximate surface area is 93.3 Å². The highest BCUT2D eigenvalue weighted by molar-refractivity contribution is 5.97. The molecule has 0 fully saturated rings. The number of hydrogen-bond donors (Lipinski definition) is 1. The Bertz CT molecular complexity index is 212. The monoisotopic (exact) mass is 212 g/mol. The molecule has 88 valence electrons. The van der Waals surface area contributed by atoms with Gasteiger partial charge in [0.05, 0.1) is 5.54 Å². The first-order valence-electron chi connectivity index (χ1n) is 5.68. The van der Waals surface area contributed by atoms with Gasteiger partial charge in [0, 0.05) is 0 Å². The maximum absolute atomic E-state index is 11.9. The van der Waals surface area contributed by atoms with Crippen LogP contribution in [0.5, 0.6) is 0 Å². The summed E-state index contributed by atoms with van der Waals surface area (Å²) < 4.78 is 0. The van der Waals surface area contributed by atoms with Gasteiger partial charge in [0.15, 0.2) is 5.78 Å². The first kappa shape index (κ1) is 14.3. The smallest absolute Gasteiger partial charge is 0.175 e. The van der Waals surface area contributed by atoms with E-state index in [-0.39, 0.29) is 5.78 Å². The normalized spacial score (nSPS) is 15.0. The fraction of sp³-hybridized carbons (Fsp3) is 0.750. The van der Waals surface area contributed by atoms with Crippen molar-refractivity contribution in [2.24, 2.45) is 5.73 Å². The van der Waals surface area contributed by atoms with Gasteiger partial charge in [0.2, 0.25) is 0 Å². The third-order valence-corrected chi connectivity index (χ3v) is 3.05. The quantitative estimate of drug-likeness (QED) is 0.621. The van der Waals surface area contributed by atoms with Gasteiger partial charge in [-0.15, -0.1) is 0 Å². The molecule has 1 unspecified atom stereocenters. The minimum Gasteiger partial charge on any atom is -0.330 e. The van der Waals surface area contributed by atoms with Crippen LogP contribution in [0.4, 0.5) is 0 Å². The van der Waals surface area contributed by atoms with E-state index in [1.54, 1.807) is 0 Å². The van der Waals surface area contributed by atoms with Crippen LogP contribution in [-0.2, 0) is 4.79 Å². The standard InChI is InChI=1S/C12H24N2O/c1-5-11(15)12(4,9-8-10-13)14(6-2)7-3/h5H,1,6-10,13H2,2-4H3. The summed E-state index contributed by atoms with van der Waals surface area (Å²) in [6.45, 7) is 12.1. The average Bonchev–Trinajstić information content (AvgIpc) is 2.26. The van der Waals surface area contributed by atoms with Crippen molar-refractivity contribution in [3.05, 3.63) is 12.7 Å². The molecule has 0 aromatic carbocycles. The van der Waals surface area contributed by atoms with Crippen molar-refractivity contribution in [2.45, 2.75) is 39.2 Å². The maximum atomic E-state index is 11.9. The molecule has 15 heavy (non-hydrogen) atoms. The van der Waals surface area contributed by atoms with Gasteiger partial charge in [-0.3, -0.25) is 9.69 Å². The second-order valence-corrected chi connectivity index (χ2v) is 3.91. The van der Waals surface area contributed by atoms with Crippen molar-refractivity contribution in [2.75, 3.05) is 19.6 Å². The number of nitrogens with zero attached hydrogens (tertiary/aromatic N) is 1. The van der Waals surface area contributed by atoms with Gasteiger partial charge >= 0.3 is 0 Å². The number of ketones is 1. The third kappa shape index (κ3) is 3.43. The fourth-order valence-corrected chi connectivity index (χ4v) is 2.02. The van der Waals surface area contributed by atoms with Crippen molar-refractivity contribution in [1.29, 1.82) is 0 Å². The summed E-state index contributed by atoms with van der Waals surface area (Å²) in [5.41, 5.74) is 5.08. The van der Waals surface area contributed by atoms with Crippen molar-refractivity contribution in [3.63, 3.8) is 0 Å². The van der Waals surface area contributed by atoms with E-state index in [2.05, 4.69) is 25.3 Å². The molecule has 0 amide bonds. The van der Waals surface area contributed by atoms with Gasteiger partial charge < -0.3 is 5.73 Å². The SMILES string of the molecule is C=CC(=O)C(C)(CCCN)N(CC)CC. The van der Waals surface area contributed by atoms with Gasteiger partial charge in [-0.05, 0) is 45.5 Å². The summed E-state index contributed by atoms with van der Waals surface area (Å²) in [5.74, 6) is 0.0969. The number of carbonyl (C=O) groups is 1. The van der Waals surface area contributed by atoms with E-state index in [0.717, 1.165) is 25.9 Å². The maximum Gasteiger partial charge on any atom is 0.175 e. The van der Waals surface area contributed by atoms with E-state index >= 15 is 0 Å². The Morgan fingerprint density at radius 3 is 2.33 bits per heavy atom. The lowest BCUT2D eigenvalue weighted by Gasteiger charge is -2.38. The molecule has 3 nitrogen and oxygen atoms in total. The first-order chi connectivity index (χ1) is 7.06. The van der Waals surface area contributed by atoms with E-state index < -0.39 is 5.54 Å². The van der Waals surface area contributed by atoms with Crippen LogP contribution < -0.4 is 5.73 Å². The molecule has 0 saturated carbocycles. The van der Waals surface area contributed by atoms with Gasteiger partial charge in [-0.1, -0.05) is 20.4 Å². The van der Waals surface area contributed by atoms with E-state index in [0.29, 0.717) is 6.54 Å². The van der Waals surface area contributed by atoms with E-state index in [1.807, 2.05) is 6.92 Å².